The Kier molecular flexibility index (Phi) is 5.40. The van der Waals surface area contributed by atoms with Crippen molar-refractivity contribution in [1.82, 2.24) is 4.72 Å². The Bertz CT molecular complexity index is 907. The van der Waals surface area contributed by atoms with E-state index in [-0.39, 0.29) is 16.1 Å². The standard InChI is InChI=1S/C16H16N2O6S/c1-10-2-5-12(6-3-10)25(23,24)17-9-15(20)18-11-4-7-13(16(21)22)14(19)8-11/h2-8,17,19H,9H2,1H3,(H,18,20)(H,21,22). The molecule has 0 aliphatic rings. The summed E-state index contributed by atoms with van der Waals surface area (Å²) in [6, 6.07) is 9.62. The highest BCUT2D eigenvalue weighted by Gasteiger charge is 2.16. The molecule has 9 heteroatoms. The second-order valence-electron chi connectivity index (χ2n) is 5.22. The molecule has 0 aromatic heterocycles. The van der Waals surface area contributed by atoms with Crippen molar-refractivity contribution in [3.8, 4) is 5.75 Å². The normalized spacial score (nSPS) is 11.1. The third kappa shape index (κ3) is 4.78. The first-order valence-electron chi connectivity index (χ1n) is 7.11. The van der Waals surface area contributed by atoms with Crippen molar-refractivity contribution < 1.29 is 28.2 Å². The Morgan fingerprint density at radius 1 is 1.08 bits per heavy atom. The molecule has 0 radical (unpaired) electrons. The predicted molar refractivity (Wildman–Crippen MR) is 90.1 cm³/mol. The number of phenols is 1. The van der Waals surface area contributed by atoms with Gasteiger partial charge in [0.2, 0.25) is 15.9 Å². The number of rotatable bonds is 6. The summed E-state index contributed by atoms with van der Waals surface area (Å²) in [4.78, 5) is 22.7. The number of carboxylic acid groups (broad SMARTS) is 1. The summed E-state index contributed by atoms with van der Waals surface area (Å²) >= 11 is 0. The van der Waals surface area contributed by atoms with Gasteiger partial charge in [-0.15, -0.1) is 0 Å². The fourth-order valence-corrected chi connectivity index (χ4v) is 2.94. The number of benzene rings is 2. The average molecular weight is 364 g/mol. The number of hydrogen-bond acceptors (Lipinski definition) is 5. The highest BCUT2D eigenvalue weighted by Crippen LogP contribution is 2.21. The minimum Gasteiger partial charge on any atom is -0.507 e. The van der Waals surface area contributed by atoms with Crippen molar-refractivity contribution in [3.05, 3.63) is 53.6 Å². The lowest BCUT2D eigenvalue weighted by Gasteiger charge is -2.09. The number of sulfonamides is 1. The number of nitrogens with one attached hydrogen (secondary N) is 2. The van der Waals surface area contributed by atoms with Crippen LogP contribution in [0.2, 0.25) is 0 Å². The Balaban J connectivity index is 2.00. The van der Waals surface area contributed by atoms with Crippen molar-refractivity contribution >= 4 is 27.6 Å². The van der Waals surface area contributed by atoms with Gasteiger partial charge in [0, 0.05) is 11.8 Å². The fourth-order valence-electron chi connectivity index (χ4n) is 1.96. The Morgan fingerprint density at radius 3 is 2.28 bits per heavy atom. The SMILES string of the molecule is Cc1ccc(S(=O)(=O)NCC(=O)Nc2ccc(C(=O)O)c(O)c2)cc1. The molecular weight excluding hydrogens is 348 g/mol. The third-order valence-corrected chi connectivity index (χ3v) is 4.68. The van der Waals surface area contributed by atoms with Gasteiger partial charge in [-0.3, -0.25) is 4.79 Å². The molecule has 4 N–H and O–H groups in total. The topological polar surface area (TPSA) is 133 Å². The van der Waals surface area contributed by atoms with Crippen LogP contribution in [0, 0.1) is 6.92 Å². The van der Waals surface area contributed by atoms with Crippen LogP contribution >= 0.6 is 0 Å². The Morgan fingerprint density at radius 2 is 1.72 bits per heavy atom. The molecule has 0 fully saturated rings. The van der Waals surface area contributed by atoms with E-state index >= 15 is 0 Å². The van der Waals surface area contributed by atoms with E-state index in [0.29, 0.717) is 0 Å². The summed E-state index contributed by atoms with van der Waals surface area (Å²) in [7, 11) is -3.83. The molecule has 0 atom stereocenters. The second kappa shape index (κ2) is 7.32. The lowest BCUT2D eigenvalue weighted by atomic mass is 10.2. The van der Waals surface area contributed by atoms with Gasteiger partial charge in [0.15, 0.2) is 0 Å². The summed E-state index contributed by atoms with van der Waals surface area (Å²) in [5, 5.41) is 20.7. The summed E-state index contributed by atoms with van der Waals surface area (Å²) in [5.41, 5.74) is 0.737. The van der Waals surface area contributed by atoms with Gasteiger partial charge in [0.1, 0.15) is 11.3 Å². The van der Waals surface area contributed by atoms with E-state index < -0.39 is 34.2 Å². The monoisotopic (exact) mass is 364 g/mol. The number of anilines is 1. The molecule has 2 aromatic rings. The van der Waals surface area contributed by atoms with Crippen molar-refractivity contribution in [2.75, 3.05) is 11.9 Å². The molecule has 8 nitrogen and oxygen atoms in total. The fraction of sp³-hybridized carbons (Fsp3) is 0.125. The van der Waals surface area contributed by atoms with Gasteiger partial charge in [-0.2, -0.15) is 0 Å². The van der Waals surface area contributed by atoms with E-state index in [1.807, 2.05) is 6.92 Å². The van der Waals surface area contributed by atoms with E-state index in [9.17, 15) is 23.1 Å². The summed E-state index contributed by atoms with van der Waals surface area (Å²) in [6.45, 7) is 1.31. The van der Waals surface area contributed by atoms with Crippen LogP contribution in [0.1, 0.15) is 15.9 Å². The van der Waals surface area contributed by atoms with Gasteiger partial charge >= 0.3 is 5.97 Å². The number of aromatic carboxylic acids is 1. The lowest BCUT2D eigenvalue weighted by molar-refractivity contribution is -0.115. The van der Waals surface area contributed by atoms with Crippen LogP contribution in [-0.2, 0) is 14.8 Å². The van der Waals surface area contributed by atoms with Crippen LogP contribution in [0.15, 0.2) is 47.4 Å². The lowest BCUT2D eigenvalue weighted by Crippen LogP contribution is -2.32. The van der Waals surface area contributed by atoms with Crippen molar-refractivity contribution in [2.24, 2.45) is 0 Å². The van der Waals surface area contributed by atoms with Crippen LogP contribution in [0.25, 0.3) is 0 Å². The van der Waals surface area contributed by atoms with E-state index in [4.69, 9.17) is 5.11 Å². The van der Waals surface area contributed by atoms with Gasteiger partial charge in [0.25, 0.3) is 0 Å². The van der Waals surface area contributed by atoms with Crippen LogP contribution < -0.4 is 10.0 Å². The van der Waals surface area contributed by atoms with Crippen LogP contribution in [0.4, 0.5) is 5.69 Å². The predicted octanol–water partition coefficient (Wildman–Crippen LogP) is 1.32. The van der Waals surface area contributed by atoms with E-state index in [2.05, 4.69) is 10.0 Å². The van der Waals surface area contributed by atoms with Gasteiger partial charge < -0.3 is 15.5 Å². The summed E-state index contributed by atoms with van der Waals surface area (Å²) in [6.07, 6.45) is 0. The maximum Gasteiger partial charge on any atom is 0.339 e. The molecule has 2 rings (SSSR count). The Hall–Kier alpha value is -2.91. The number of aryl methyl sites for hydroxylation is 1. The van der Waals surface area contributed by atoms with Crippen LogP contribution in [-0.4, -0.2) is 37.1 Å². The van der Waals surface area contributed by atoms with E-state index in [1.54, 1.807) is 12.1 Å². The molecule has 25 heavy (non-hydrogen) atoms. The number of carboxylic acids is 1. The number of aromatic hydroxyl groups is 1. The first-order valence-corrected chi connectivity index (χ1v) is 8.60. The zero-order valence-electron chi connectivity index (χ0n) is 13.2. The van der Waals surface area contributed by atoms with Gasteiger partial charge in [-0.05, 0) is 31.2 Å². The van der Waals surface area contributed by atoms with Crippen LogP contribution in [0.5, 0.6) is 5.75 Å². The number of carbonyl (C=O) groups is 2. The molecule has 0 saturated heterocycles. The van der Waals surface area contributed by atoms with Crippen molar-refractivity contribution in [2.45, 2.75) is 11.8 Å². The molecule has 0 spiro atoms. The molecule has 0 unspecified atom stereocenters. The Labute approximate surface area is 144 Å². The van der Waals surface area contributed by atoms with E-state index in [1.165, 1.54) is 18.2 Å². The van der Waals surface area contributed by atoms with Crippen molar-refractivity contribution in [3.63, 3.8) is 0 Å². The molecule has 0 bridgehead atoms. The highest BCUT2D eigenvalue weighted by atomic mass is 32.2. The van der Waals surface area contributed by atoms with E-state index in [0.717, 1.165) is 17.7 Å². The quantitative estimate of drug-likeness (QED) is 0.611. The first kappa shape index (κ1) is 18.4. The van der Waals surface area contributed by atoms with Crippen molar-refractivity contribution in [1.29, 1.82) is 0 Å². The first-order chi connectivity index (χ1) is 11.7. The second-order valence-corrected chi connectivity index (χ2v) is 6.99. The van der Waals surface area contributed by atoms with Gasteiger partial charge in [-0.1, -0.05) is 17.7 Å². The van der Waals surface area contributed by atoms with Crippen LogP contribution in [0.3, 0.4) is 0 Å². The molecule has 0 aliphatic heterocycles. The molecule has 1 amide bonds. The minimum absolute atomic E-state index is 0.0364. The molecule has 2 aromatic carbocycles. The molecule has 0 saturated carbocycles. The zero-order valence-corrected chi connectivity index (χ0v) is 14.0. The molecule has 0 aliphatic carbocycles. The summed E-state index contributed by atoms with van der Waals surface area (Å²) in [5.74, 6) is -2.48. The maximum absolute atomic E-state index is 12.1. The molecular formula is C16H16N2O6S. The average Bonchev–Trinajstić information content (AvgIpc) is 2.53. The maximum atomic E-state index is 12.1. The number of amides is 1. The highest BCUT2D eigenvalue weighted by molar-refractivity contribution is 7.89. The van der Waals surface area contributed by atoms with Gasteiger partial charge in [0.05, 0.1) is 11.4 Å². The molecule has 132 valence electrons. The number of carbonyl (C=O) groups excluding carboxylic acids is 1. The third-order valence-electron chi connectivity index (χ3n) is 3.27. The summed E-state index contributed by atoms with van der Waals surface area (Å²) < 4.78 is 26.3. The minimum atomic E-state index is -3.83. The molecule has 0 heterocycles. The smallest absolute Gasteiger partial charge is 0.339 e. The zero-order chi connectivity index (χ0) is 18.6. The van der Waals surface area contributed by atoms with Gasteiger partial charge in [-0.25, -0.2) is 17.9 Å². The largest absolute Gasteiger partial charge is 0.507 e. The number of hydrogen-bond donors (Lipinski definition) is 4.